The zero-order valence-corrected chi connectivity index (χ0v) is 13.1. The van der Waals surface area contributed by atoms with Gasteiger partial charge in [0.25, 0.3) is 5.56 Å². The van der Waals surface area contributed by atoms with Crippen LogP contribution in [0.15, 0.2) is 4.79 Å². The molecule has 122 valence electrons. The molecule has 1 aliphatic heterocycles. The van der Waals surface area contributed by atoms with Gasteiger partial charge in [0, 0.05) is 31.6 Å². The fraction of sp³-hybridized carbons (Fsp3) is 0.643. The zero-order valence-electron chi connectivity index (χ0n) is 13.1. The van der Waals surface area contributed by atoms with Crippen molar-refractivity contribution in [1.29, 1.82) is 0 Å². The first-order valence-electron chi connectivity index (χ1n) is 7.29. The van der Waals surface area contributed by atoms with Crippen molar-refractivity contribution >= 4 is 12.0 Å². The van der Waals surface area contributed by atoms with E-state index in [0.29, 0.717) is 25.1 Å². The minimum atomic E-state index is -0.563. The molecule has 0 saturated heterocycles. The van der Waals surface area contributed by atoms with E-state index in [9.17, 15) is 14.4 Å². The van der Waals surface area contributed by atoms with Crippen LogP contribution in [0, 0.1) is 0 Å². The summed E-state index contributed by atoms with van der Waals surface area (Å²) in [5.74, 6) is -0.0951. The van der Waals surface area contributed by atoms with Gasteiger partial charge in [-0.15, -0.1) is 0 Å². The van der Waals surface area contributed by atoms with Crippen molar-refractivity contribution in [3.05, 3.63) is 21.6 Å². The number of nitrogens with one attached hydrogen (secondary N) is 3. The summed E-state index contributed by atoms with van der Waals surface area (Å²) in [6.45, 7) is 6.40. The predicted molar refractivity (Wildman–Crippen MR) is 79.4 cm³/mol. The maximum atomic E-state index is 12.1. The Balaban J connectivity index is 1.78. The molecule has 8 nitrogen and oxygen atoms in total. The van der Waals surface area contributed by atoms with E-state index in [1.54, 1.807) is 25.7 Å². The number of amides is 2. The quantitative estimate of drug-likeness (QED) is 0.755. The number of rotatable bonds is 3. The Morgan fingerprint density at radius 1 is 1.32 bits per heavy atom. The number of aromatic amines is 2. The molecule has 0 spiro atoms. The number of hydrogen-bond donors (Lipinski definition) is 3. The summed E-state index contributed by atoms with van der Waals surface area (Å²) in [4.78, 5) is 36.8. The van der Waals surface area contributed by atoms with E-state index in [4.69, 9.17) is 4.74 Å². The molecule has 22 heavy (non-hydrogen) atoms. The van der Waals surface area contributed by atoms with Crippen LogP contribution < -0.4 is 10.9 Å². The minimum Gasteiger partial charge on any atom is -0.444 e. The predicted octanol–water partition coefficient (Wildman–Crippen LogP) is 0.502. The number of nitrogens with zero attached hydrogens (tertiary/aromatic N) is 1. The monoisotopic (exact) mass is 310 g/mol. The molecule has 2 rings (SSSR count). The SMILES string of the molecule is CC(C)(C)OC(=O)NCCC(=O)N1CCc2[nH][nH]c(=O)c2C1. The van der Waals surface area contributed by atoms with Crippen LogP contribution in [0.2, 0.25) is 0 Å². The highest BCUT2D eigenvalue weighted by atomic mass is 16.6. The van der Waals surface area contributed by atoms with Crippen molar-refractivity contribution in [2.45, 2.75) is 45.8 Å². The molecule has 1 aromatic rings. The van der Waals surface area contributed by atoms with E-state index in [2.05, 4.69) is 15.5 Å². The van der Waals surface area contributed by atoms with Gasteiger partial charge in [-0.3, -0.25) is 14.7 Å². The molecule has 0 saturated carbocycles. The van der Waals surface area contributed by atoms with E-state index < -0.39 is 11.7 Å². The first-order chi connectivity index (χ1) is 10.3. The fourth-order valence-corrected chi connectivity index (χ4v) is 2.27. The first-order valence-corrected chi connectivity index (χ1v) is 7.29. The van der Waals surface area contributed by atoms with Crippen LogP contribution in [0.1, 0.15) is 38.4 Å². The van der Waals surface area contributed by atoms with Crippen LogP contribution in [-0.2, 0) is 22.5 Å². The van der Waals surface area contributed by atoms with Gasteiger partial charge in [0.2, 0.25) is 5.91 Å². The molecule has 8 heteroatoms. The van der Waals surface area contributed by atoms with Crippen LogP contribution in [0.25, 0.3) is 0 Å². The summed E-state index contributed by atoms with van der Waals surface area (Å²) >= 11 is 0. The van der Waals surface area contributed by atoms with Crippen LogP contribution in [-0.4, -0.2) is 45.8 Å². The Hall–Kier alpha value is -2.25. The number of alkyl carbamates (subject to hydrolysis) is 1. The number of H-pyrrole nitrogens is 2. The second kappa shape index (κ2) is 6.25. The topological polar surface area (TPSA) is 107 Å². The molecule has 0 unspecified atom stereocenters. The molecular weight excluding hydrogens is 288 g/mol. The van der Waals surface area contributed by atoms with Crippen molar-refractivity contribution in [3.63, 3.8) is 0 Å². The third kappa shape index (κ3) is 4.12. The van der Waals surface area contributed by atoms with Crippen LogP contribution in [0.3, 0.4) is 0 Å². The Bertz CT molecular complexity index is 611. The first kappa shape index (κ1) is 16.1. The van der Waals surface area contributed by atoms with Gasteiger partial charge in [0.1, 0.15) is 5.60 Å². The minimum absolute atomic E-state index is 0.0951. The summed E-state index contributed by atoms with van der Waals surface area (Å²) in [6, 6.07) is 0. The Morgan fingerprint density at radius 3 is 2.73 bits per heavy atom. The number of aromatic nitrogens is 2. The van der Waals surface area contributed by atoms with Crippen molar-refractivity contribution in [2.24, 2.45) is 0 Å². The molecule has 2 amide bonds. The van der Waals surface area contributed by atoms with Crippen molar-refractivity contribution in [2.75, 3.05) is 13.1 Å². The lowest BCUT2D eigenvalue weighted by Crippen LogP contribution is -2.39. The van der Waals surface area contributed by atoms with Crippen molar-refractivity contribution < 1.29 is 14.3 Å². The van der Waals surface area contributed by atoms with Crippen molar-refractivity contribution in [1.82, 2.24) is 20.4 Å². The van der Waals surface area contributed by atoms with Gasteiger partial charge < -0.3 is 20.1 Å². The largest absolute Gasteiger partial charge is 0.444 e. The van der Waals surface area contributed by atoms with Gasteiger partial charge in [0.05, 0.1) is 12.1 Å². The molecule has 0 atom stereocenters. The average molecular weight is 310 g/mol. The molecule has 0 radical (unpaired) electrons. The van der Waals surface area contributed by atoms with Gasteiger partial charge in [-0.1, -0.05) is 0 Å². The molecule has 0 fully saturated rings. The van der Waals surface area contributed by atoms with Gasteiger partial charge in [-0.2, -0.15) is 0 Å². The second-order valence-corrected chi connectivity index (χ2v) is 6.28. The summed E-state index contributed by atoms with van der Waals surface area (Å²) in [6.07, 6.45) is 0.263. The lowest BCUT2D eigenvalue weighted by molar-refractivity contribution is -0.132. The van der Waals surface area contributed by atoms with Crippen LogP contribution in [0.4, 0.5) is 4.79 Å². The third-order valence-electron chi connectivity index (χ3n) is 3.31. The van der Waals surface area contributed by atoms with E-state index in [0.717, 1.165) is 5.69 Å². The number of carbonyl (C=O) groups excluding carboxylic acids is 2. The Labute approximate surface area is 128 Å². The zero-order chi connectivity index (χ0) is 16.3. The van der Waals surface area contributed by atoms with Crippen LogP contribution in [0.5, 0.6) is 0 Å². The maximum absolute atomic E-state index is 12.1. The maximum Gasteiger partial charge on any atom is 0.407 e. The normalized spacial score (nSPS) is 14.4. The average Bonchev–Trinajstić information content (AvgIpc) is 2.78. The fourth-order valence-electron chi connectivity index (χ4n) is 2.27. The van der Waals surface area contributed by atoms with Gasteiger partial charge in [0.15, 0.2) is 0 Å². The summed E-state index contributed by atoms with van der Waals surface area (Å²) < 4.78 is 5.09. The molecule has 3 N–H and O–H groups in total. The van der Waals surface area contributed by atoms with Gasteiger partial charge in [-0.25, -0.2) is 4.79 Å². The molecule has 1 aromatic heterocycles. The molecule has 0 aromatic carbocycles. The highest BCUT2D eigenvalue weighted by Gasteiger charge is 2.24. The van der Waals surface area contributed by atoms with Gasteiger partial charge in [-0.05, 0) is 20.8 Å². The summed E-state index contributed by atoms with van der Waals surface area (Å²) in [7, 11) is 0. The smallest absolute Gasteiger partial charge is 0.407 e. The van der Waals surface area contributed by atoms with E-state index in [-0.39, 0.29) is 24.4 Å². The summed E-state index contributed by atoms with van der Waals surface area (Å²) in [5, 5.41) is 7.89. The molecule has 0 aliphatic carbocycles. The standard InChI is InChI=1S/C14H22N4O4/c1-14(2,3)22-13(21)15-6-4-11(19)18-7-5-10-9(8-18)12(20)17-16-10/h4-8H2,1-3H3,(H,15,21)(H2,16,17,20). The molecule has 2 heterocycles. The second-order valence-electron chi connectivity index (χ2n) is 6.28. The van der Waals surface area contributed by atoms with Crippen molar-refractivity contribution in [3.8, 4) is 0 Å². The number of ether oxygens (including phenoxy) is 1. The van der Waals surface area contributed by atoms with E-state index >= 15 is 0 Å². The molecule has 0 bridgehead atoms. The summed E-state index contributed by atoms with van der Waals surface area (Å²) in [5.41, 5.74) is 0.729. The van der Waals surface area contributed by atoms with Gasteiger partial charge >= 0.3 is 6.09 Å². The lowest BCUT2D eigenvalue weighted by Gasteiger charge is -2.26. The number of carbonyl (C=O) groups is 2. The highest BCUT2D eigenvalue weighted by molar-refractivity contribution is 5.77. The Morgan fingerprint density at radius 2 is 2.05 bits per heavy atom. The number of fused-ring (bicyclic) bond motifs is 1. The number of hydrogen-bond acceptors (Lipinski definition) is 4. The Kier molecular flexibility index (Phi) is 4.58. The van der Waals surface area contributed by atoms with E-state index in [1.165, 1.54) is 0 Å². The molecular formula is C14H22N4O4. The van der Waals surface area contributed by atoms with E-state index in [1.807, 2.05) is 0 Å². The third-order valence-corrected chi connectivity index (χ3v) is 3.31. The molecule has 1 aliphatic rings. The lowest BCUT2D eigenvalue weighted by atomic mass is 10.1. The van der Waals surface area contributed by atoms with Crippen LogP contribution >= 0.6 is 0 Å². The highest BCUT2D eigenvalue weighted by Crippen LogP contribution is 2.13.